The van der Waals surface area contributed by atoms with Gasteiger partial charge < -0.3 is 4.74 Å². The van der Waals surface area contributed by atoms with Crippen LogP contribution in [0.1, 0.15) is 25.7 Å². The normalized spacial score (nSPS) is 8.92. The number of hydrogen-bond donors (Lipinski definition) is 0. The molecule has 0 aliphatic heterocycles. The fourth-order valence-electron chi connectivity index (χ4n) is 0.728. The first-order chi connectivity index (χ1) is 6.20. The molecule has 0 aromatic rings. The molecule has 0 atom stereocenters. The first-order valence-corrected chi connectivity index (χ1v) is 4.16. The van der Waals surface area contributed by atoms with Crippen LogP contribution in [0.3, 0.4) is 0 Å². The SMILES string of the molecule is C=CCCCC(=O)OC(=O)CC=C. The number of esters is 2. The number of allylic oxidation sites excluding steroid dienone is 1. The minimum Gasteiger partial charge on any atom is -0.393 e. The quantitative estimate of drug-likeness (QED) is 0.273. The molecule has 0 spiro atoms. The van der Waals surface area contributed by atoms with Gasteiger partial charge in [-0.1, -0.05) is 12.2 Å². The van der Waals surface area contributed by atoms with Gasteiger partial charge in [-0.15, -0.1) is 13.2 Å². The molecule has 0 fully saturated rings. The minimum atomic E-state index is -0.543. The molecule has 0 unspecified atom stereocenters. The number of unbranched alkanes of at least 4 members (excludes halogenated alkanes) is 1. The Bertz CT molecular complexity index is 206. The average molecular weight is 182 g/mol. The van der Waals surface area contributed by atoms with Crippen LogP contribution in [0.2, 0.25) is 0 Å². The number of carbonyl (C=O) groups is 2. The van der Waals surface area contributed by atoms with Crippen molar-refractivity contribution in [1.82, 2.24) is 0 Å². The van der Waals surface area contributed by atoms with Crippen molar-refractivity contribution in [3.63, 3.8) is 0 Å². The van der Waals surface area contributed by atoms with Crippen LogP contribution in [-0.4, -0.2) is 11.9 Å². The second kappa shape index (κ2) is 7.28. The summed E-state index contributed by atoms with van der Waals surface area (Å²) in [5.74, 6) is -1.02. The van der Waals surface area contributed by atoms with Gasteiger partial charge in [0.2, 0.25) is 0 Å². The summed E-state index contributed by atoms with van der Waals surface area (Å²) in [5.41, 5.74) is 0. The summed E-state index contributed by atoms with van der Waals surface area (Å²) in [6.45, 7) is 6.87. The summed E-state index contributed by atoms with van der Waals surface area (Å²) < 4.78 is 4.45. The van der Waals surface area contributed by atoms with Crippen LogP contribution >= 0.6 is 0 Å². The van der Waals surface area contributed by atoms with E-state index in [9.17, 15) is 9.59 Å². The third-order valence-electron chi connectivity index (χ3n) is 1.33. The molecule has 0 saturated carbocycles. The van der Waals surface area contributed by atoms with Gasteiger partial charge in [-0.05, 0) is 12.8 Å². The third-order valence-corrected chi connectivity index (χ3v) is 1.33. The van der Waals surface area contributed by atoms with Gasteiger partial charge in [0.25, 0.3) is 0 Å². The van der Waals surface area contributed by atoms with Crippen LogP contribution < -0.4 is 0 Å². The van der Waals surface area contributed by atoms with Crippen molar-refractivity contribution < 1.29 is 14.3 Å². The Kier molecular flexibility index (Phi) is 6.51. The topological polar surface area (TPSA) is 43.4 Å². The highest BCUT2D eigenvalue weighted by Gasteiger charge is 2.07. The molecule has 13 heavy (non-hydrogen) atoms. The van der Waals surface area contributed by atoms with E-state index in [-0.39, 0.29) is 12.8 Å². The smallest absolute Gasteiger partial charge is 0.317 e. The molecule has 72 valence electrons. The van der Waals surface area contributed by atoms with E-state index in [1.807, 2.05) is 0 Å². The lowest BCUT2D eigenvalue weighted by atomic mass is 10.2. The van der Waals surface area contributed by atoms with Gasteiger partial charge >= 0.3 is 11.9 Å². The highest BCUT2D eigenvalue weighted by atomic mass is 16.6. The lowest BCUT2D eigenvalue weighted by molar-refractivity contribution is -0.159. The number of carbonyl (C=O) groups excluding carboxylic acids is 2. The molecule has 0 rings (SSSR count). The number of rotatable bonds is 6. The number of ether oxygens (including phenoxy) is 1. The first kappa shape index (κ1) is 11.6. The Labute approximate surface area is 78.1 Å². The van der Waals surface area contributed by atoms with Gasteiger partial charge in [0, 0.05) is 6.42 Å². The summed E-state index contributed by atoms with van der Waals surface area (Å²) in [5, 5.41) is 0. The second-order valence-electron chi connectivity index (χ2n) is 2.52. The fourth-order valence-corrected chi connectivity index (χ4v) is 0.728. The van der Waals surface area contributed by atoms with E-state index in [1.165, 1.54) is 6.08 Å². The molecule has 0 aromatic heterocycles. The Morgan fingerprint density at radius 2 is 1.85 bits per heavy atom. The zero-order valence-corrected chi connectivity index (χ0v) is 7.62. The zero-order chi connectivity index (χ0) is 10.1. The van der Waals surface area contributed by atoms with Crippen LogP contribution in [0, 0.1) is 0 Å². The van der Waals surface area contributed by atoms with E-state index >= 15 is 0 Å². The van der Waals surface area contributed by atoms with Gasteiger partial charge in [0.1, 0.15) is 0 Å². The maximum Gasteiger partial charge on any atom is 0.317 e. The average Bonchev–Trinajstić information content (AvgIpc) is 2.05. The van der Waals surface area contributed by atoms with Crippen molar-refractivity contribution in [2.24, 2.45) is 0 Å². The van der Waals surface area contributed by atoms with Crippen molar-refractivity contribution in [2.45, 2.75) is 25.7 Å². The van der Waals surface area contributed by atoms with Crippen molar-refractivity contribution >= 4 is 11.9 Å². The van der Waals surface area contributed by atoms with Crippen molar-refractivity contribution in [2.75, 3.05) is 0 Å². The Morgan fingerprint density at radius 1 is 1.15 bits per heavy atom. The number of hydrogen-bond acceptors (Lipinski definition) is 3. The summed E-state index contributed by atoms with van der Waals surface area (Å²) in [6, 6.07) is 0. The highest BCUT2D eigenvalue weighted by Crippen LogP contribution is 1.99. The fraction of sp³-hybridized carbons (Fsp3) is 0.400. The van der Waals surface area contributed by atoms with Gasteiger partial charge in [-0.25, -0.2) is 0 Å². The lowest BCUT2D eigenvalue weighted by Gasteiger charge is -1.99. The monoisotopic (exact) mass is 182 g/mol. The summed E-state index contributed by atoms with van der Waals surface area (Å²) in [6.07, 6.45) is 4.88. The van der Waals surface area contributed by atoms with Crippen molar-refractivity contribution in [3.8, 4) is 0 Å². The zero-order valence-electron chi connectivity index (χ0n) is 7.62. The van der Waals surface area contributed by atoms with Crippen LogP contribution in [0.4, 0.5) is 0 Å². The van der Waals surface area contributed by atoms with Gasteiger partial charge in [-0.2, -0.15) is 0 Å². The van der Waals surface area contributed by atoms with Crippen LogP contribution in [0.15, 0.2) is 25.3 Å². The van der Waals surface area contributed by atoms with E-state index in [0.717, 1.165) is 6.42 Å². The molecule has 0 aromatic carbocycles. The minimum absolute atomic E-state index is 0.0766. The molecular formula is C10H14O3. The van der Waals surface area contributed by atoms with E-state index in [4.69, 9.17) is 0 Å². The predicted molar refractivity (Wildman–Crippen MR) is 50.0 cm³/mol. The van der Waals surface area contributed by atoms with Gasteiger partial charge in [0.05, 0.1) is 6.42 Å². The standard InChI is InChI=1S/C10H14O3/c1-3-5-6-8-10(12)13-9(11)7-4-2/h3-4H,1-2,5-8H2. The summed E-state index contributed by atoms with van der Waals surface area (Å²) in [4.78, 5) is 21.6. The third kappa shape index (κ3) is 7.00. The van der Waals surface area contributed by atoms with E-state index < -0.39 is 11.9 Å². The Morgan fingerprint density at radius 3 is 2.38 bits per heavy atom. The summed E-state index contributed by atoms with van der Waals surface area (Å²) >= 11 is 0. The maximum absolute atomic E-state index is 10.9. The Hall–Kier alpha value is -1.38. The van der Waals surface area contributed by atoms with Gasteiger partial charge in [0.15, 0.2) is 0 Å². The molecule has 0 aliphatic carbocycles. The van der Waals surface area contributed by atoms with Crippen LogP contribution in [0.25, 0.3) is 0 Å². The highest BCUT2D eigenvalue weighted by molar-refractivity contribution is 5.85. The Balaban J connectivity index is 3.55. The molecule has 0 heterocycles. The van der Waals surface area contributed by atoms with Crippen molar-refractivity contribution in [1.29, 1.82) is 0 Å². The van der Waals surface area contributed by atoms with E-state index in [1.54, 1.807) is 6.08 Å². The lowest BCUT2D eigenvalue weighted by Crippen LogP contribution is -2.10. The van der Waals surface area contributed by atoms with E-state index in [2.05, 4.69) is 17.9 Å². The predicted octanol–water partition coefficient (Wildman–Crippen LogP) is 1.99. The van der Waals surface area contributed by atoms with Gasteiger partial charge in [-0.3, -0.25) is 9.59 Å². The van der Waals surface area contributed by atoms with E-state index in [0.29, 0.717) is 6.42 Å². The molecule has 0 radical (unpaired) electrons. The molecule has 0 amide bonds. The molecule has 0 N–H and O–H groups in total. The second-order valence-corrected chi connectivity index (χ2v) is 2.52. The molecule has 0 bridgehead atoms. The summed E-state index contributed by atoms with van der Waals surface area (Å²) in [7, 11) is 0. The molecule has 3 nitrogen and oxygen atoms in total. The van der Waals surface area contributed by atoms with Crippen LogP contribution in [0.5, 0.6) is 0 Å². The maximum atomic E-state index is 10.9. The first-order valence-electron chi connectivity index (χ1n) is 4.16. The molecule has 0 saturated heterocycles. The molecule has 0 aliphatic rings. The largest absolute Gasteiger partial charge is 0.393 e. The molecule has 3 heteroatoms. The van der Waals surface area contributed by atoms with Crippen LogP contribution in [-0.2, 0) is 14.3 Å². The molecular weight excluding hydrogens is 168 g/mol. The van der Waals surface area contributed by atoms with Crippen molar-refractivity contribution in [3.05, 3.63) is 25.3 Å².